The Hall–Kier alpha value is -3.15. The molecule has 4 aliphatic rings. The molecule has 3 aromatic rings. The number of carbonyl (C=O) groups is 3. The molecule has 3 amide bonds. The molecule has 0 spiro atoms. The van der Waals surface area contributed by atoms with E-state index in [2.05, 4.69) is 12.2 Å². The van der Waals surface area contributed by atoms with Gasteiger partial charge < -0.3 is 5.32 Å². The third kappa shape index (κ3) is 3.15. The van der Waals surface area contributed by atoms with Crippen molar-refractivity contribution in [3.63, 3.8) is 0 Å². The van der Waals surface area contributed by atoms with Gasteiger partial charge in [0.05, 0.1) is 11.8 Å². The monoisotopic (exact) mass is 546 g/mol. The molecule has 38 heavy (non-hydrogen) atoms. The molecule has 3 atom stereocenters. The molecule has 3 aromatic carbocycles. The highest BCUT2D eigenvalue weighted by Gasteiger charge is 2.73. The van der Waals surface area contributed by atoms with Crippen LogP contribution in [0, 0.1) is 17.8 Å². The molecule has 1 saturated heterocycles. The fourth-order valence-electron chi connectivity index (χ4n) is 6.72. The zero-order valence-electron chi connectivity index (χ0n) is 21.4. The number of imide groups is 1. The van der Waals surface area contributed by atoms with Gasteiger partial charge in [0.2, 0.25) is 17.7 Å². The molecule has 7 rings (SSSR count). The van der Waals surface area contributed by atoms with E-state index < -0.39 is 45.3 Å². The molecule has 1 N–H and O–H groups in total. The van der Waals surface area contributed by atoms with Crippen LogP contribution in [0.2, 0.25) is 0 Å². The number of carbonyl (C=O) groups excluding carboxylic acids is 3. The van der Waals surface area contributed by atoms with Crippen LogP contribution in [-0.4, -0.2) is 28.7 Å². The zero-order valence-corrected chi connectivity index (χ0v) is 22.9. The van der Waals surface area contributed by atoms with Gasteiger partial charge in [-0.25, -0.2) is 0 Å². The predicted octanol–water partition coefficient (Wildman–Crippen LogP) is 5.81. The number of likely N-dealkylation sites (tertiary alicyclic amines) is 1. The quantitative estimate of drug-likeness (QED) is 0.324. The van der Waals surface area contributed by atoms with Crippen LogP contribution >= 0.6 is 23.2 Å². The lowest BCUT2D eigenvalue weighted by atomic mass is 9.54. The summed E-state index contributed by atoms with van der Waals surface area (Å²) in [5.41, 5.74) is 4.70. The van der Waals surface area contributed by atoms with E-state index in [1.807, 2.05) is 86.6 Å². The number of rotatable bonds is 5. The first kappa shape index (κ1) is 25.1. The van der Waals surface area contributed by atoms with Gasteiger partial charge in [0.15, 0.2) is 0 Å². The summed E-state index contributed by atoms with van der Waals surface area (Å²) >= 11 is 15.0. The van der Waals surface area contributed by atoms with Crippen molar-refractivity contribution in [3.05, 3.63) is 101 Å². The first-order valence-electron chi connectivity index (χ1n) is 13.0. The Morgan fingerprint density at radius 2 is 1.24 bits per heavy atom. The summed E-state index contributed by atoms with van der Waals surface area (Å²) in [4.78, 5) is 40.8. The molecular formula is C31H28Cl2N2O3. The summed E-state index contributed by atoms with van der Waals surface area (Å²) in [6.07, 6.45) is 0.882. The van der Waals surface area contributed by atoms with Gasteiger partial charge in [-0.3, -0.25) is 19.3 Å². The van der Waals surface area contributed by atoms with Crippen LogP contribution in [0.15, 0.2) is 72.8 Å². The van der Waals surface area contributed by atoms with E-state index in [0.717, 1.165) is 39.1 Å². The minimum absolute atomic E-state index is 0.335. The number of aryl methyl sites for hydroxylation is 1. The number of alkyl halides is 2. The molecule has 3 aliphatic carbocycles. The van der Waals surface area contributed by atoms with E-state index in [0.29, 0.717) is 5.69 Å². The Labute approximate surface area is 232 Å². The van der Waals surface area contributed by atoms with Gasteiger partial charge >= 0.3 is 0 Å². The van der Waals surface area contributed by atoms with E-state index in [9.17, 15) is 14.4 Å². The molecule has 0 unspecified atom stereocenters. The largest absolute Gasteiger partial charge is 0.324 e. The Kier molecular flexibility index (Phi) is 5.75. The molecule has 0 saturated carbocycles. The van der Waals surface area contributed by atoms with Crippen molar-refractivity contribution in [1.29, 1.82) is 0 Å². The summed E-state index contributed by atoms with van der Waals surface area (Å²) in [6.45, 7) is 5.72. The van der Waals surface area contributed by atoms with Crippen LogP contribution in [0.4, 0.5) is 5.69 Å². The summed E-state index contributed by atoms with van der Waals surface area (Å²) in [6, 6.07) is 21.6. The molecular weight excluding hydrogens is 519 g/mol. The molecule has 0 aromatic heterocycles. The van der Waals surface area contributed by atoms with Crippen LogP contribution in [0.1, 0.15) is 48.6 Å². The smallest absolute Gasteiger partial charge is 0.247 e. The van der Waals surface area contributed by atoms with Crippen LogP contribution in [-0.2, 0) is 30.6 Å². The Bertz CT molecular complexity index is 1360. The maximum Gasteiger partial charge on any atom is 0.247 e. The van der Waals surface area contributed by atoms with Crippen LogP contribution in [0.5, 0.6) is 0 Å². The second kappa shape index (κ2) is 8.69. The van der Waals surface area contributed by atoms with Crippen LogP contribution in [0.25, 0.3) is 0 Å². The standard InChI is InChI=1S/C31H28Cl2N2O3/c1-4-18-13-15-19(16-14-18)34-27(36)26(17(2)3)35-28(37)24-25(29(35)38)31(33)21-10-6-5-9-20(21)30(24,32)22-11-7-8-12-23(22)31/h5-17,24-26H,4H2,1-3H3,(H,34,36)/t24-,25-,26+,30?,31?/m1/s1. The number of benzene rings is 3. The zero-order chi connectivity index (χ0) is 27.0. The number of hydrogen-bond acceptors (Lipinski definition) is 3. The molecule has 5 nitrogen and oxygen atoms in total. The summed E-state index contributed by atoms with van der Waals surface area (Å²) in [7, 11) is 0. The van der Waals surface area contributed by atoms with E-state index in [1.165, 1.54) is 0 Å². The van der Waals surface area contributed by atoms with E-state index in [-0.39, 0.29) is 5.92 Å². The maximum atomic E-state index is 14.3. The van der Waals surface area contributed by atoms with Crippen LogP contribution in [0.3, 0.4) is 0 Å². The molecule has 1 aliphatic heterocycles. The summed E-state index contributed by atoms with van der Waals surface area (Å²) in [5.74, 6) is -3.54. The highest BCUT2D eigenvalue weighted by atomic mass is 35.5. The Balaban J connectivity index is 1.45. The van der Waals surface area contributed by atoms with Crippen LogP contribution < -0.4 is 5.32 Å². The third-order valence-corrected chi connectivity index (χ3v) is 9.71. The molecule has 1 fully saturated rings. The van der Waals surface area contributed by atoms with Crippen molar-refractivity contribution in [2.75, 3.05) is 5.32 Å². The molecule has 2 bridgehead atoms. The van der Waals surface area contributed by atoms with Crippen molar-refractivity contribution in [2.45, 2.75) is 43.0 Å². The first-order valence-corrected chi connectivity index (χ1v) is 13.8. The fourth-order valence-corrected chi connectivity index (χ4v) is 7.82. The van der Waals surface area contributed by atoms with Gasteiger partial charge in [-0.1, -0.05) is 81.4 Å². The Morgan fingerprint density at radius 3 is 1.61 bits per heavy atom. The second-order valence-corrected chi connectivity index (χ2v) is 11.9. The van der Waals surface area contributed by atoms with Crippen molar-refractivity contribution >= 4 is 46.6 Å². The minimum Gasteiger partial charge on any atom is -0.324 e. The first-order chi connectivity index (χ1) is 18.1. The molecule has 0 radical (unpaired) electrons. The minimum atomic E-state index is -1.27. The molecule has 1 heterocycles. The number of amides is 3. The van der Waals surface area contributed by atoms with Gasteiger partial charge in [-0.2, -0.15) is 0 Å². The van der Waals surface area contributed by atoms with Crippen molar-refractivity contribution in [3.8, 4) is 0 Å². The van der Waals surface area contributed by atoms with E-state index >= 15 is 0 Å². The van der Waals surface area contributed by atoms with Crippen molar-refractivity contribution < 1.29 is 14.4 Å². The highest BCUT2D eigenvalue weighted by Crippen LogP contribution is 2.69. The predicted molar refractivity (Wildman–Crippen MR) is 148 cm³/mol. The average Bonchev–Trinajstić information content (AvgIpc) is 3.18. The SMILES string of the molecule is CCc1ccc(NC(=O)[C@H](C(C)C)N2C(=O)[C@H]3[C@H](C2=O)C2(Cl)c4ccccc4C3(Cl)c3ccccc32)cc1. The average molecular weight is 547 g/mol. The number of halogens is 2. The lowest BCUT2D eigenvalue weighted by Gasteiger charge is -2.54. The summed E-state index contributed by atoms with van der Waals surface area (Å²) < 4.78 is 0. The number of anilines is 1. The van der Waals surface area contributed by atoms with E-state index in [4.69, 9.17) is 23.2 Å². The Morgan fingerprint density at radius 1 is 0.816 bits per heavy atom. The lowest BCUT2D eigenvalue weighted by molar-refractivity contribution is -0.148. The maximum absolute atomic E-state index is 14.3. The van der Waals surface area contributed by atoms with E-state index in [1.54, 1.807) is 0 Å². The highest BCUT2D eigenvalue weighted by molar-refractivity contribution is 6.36. The number of nitrogens with zero attached hydrogens (tertiary/aromatic N) is 1. The summed E-state index contributed by atoms with van der Waals surface area (Å²) in [5, 5.41) is 2.91. The fraction of sp³-hybridized carbons (Fsp3) is 0.323. The number of nitrogens with one attached hydrogen (secondary N) is 1. The van der Waals surface area contributed by atoms with Gasteiger partial charge in [-0.15, -0.1) is 23.2 Å². The number of hydrogen-bond donors (Lipinski definition) is 1. The normalized spacial score (nSPS) is 27.7. The van der Waals surface area contributed by atoms with Crippen molar-refractivity contribution in [1.82, 2.24) is 4.90 Å². The second-order valence-electron chi connectivity index (χ2n) is 10.7. The van der Waals surface area contributed by atoms with Gasteiger partial charge in [0, 0.05) is 5.69 Å². The third-order valence-electron chi connectivity index (χ3n) is 8.43. The van der Waals surface area contributed by atoms with Gasteiger partial charge in [0.25, 0.3) is 0 Å². The van der Waals surface area contributed by atoms with Gasteiger partial charge in [-0.05, 0) is 52.3 Å². The van der Waals surface area contributed by atoms with Gasteiger partial charge in [0.1, 0.15) is 15.8 Å². The van der Waals surface area contributed by atoms with Crippen molar-refractivity contribution in [2.24, 2.45) is 17.8 Å². The lowest BCUT2D eigenvalue weighted by Crippen LogP contribution is -2.57. The molecule has 7 heteroatoms. The topological polar surface area (TPSA) is 66.5 Å². The molecule has 194 valence electrons.